The van der Waals surface area contributed by atoms with Crippen molar-refractivity contribution < 1.29 is 17.9 Å². The highest BCUT2D eigenvalue weighted by Gasteiger charge is 2.24. The molecule has 0 aliphatic carbocycles. The summed E-state index contributed by atoms with van der Waals surface area (Å²) in [5, 5.41) is 3.37. The Morgan fingerprint density at radius 2 is 1.82 bits per heavy atom. The Kier molecular flexibility index (Phi) is 7.57. The summed E-state index contributed by atoms with van der Waals surface area (Å²) in [7, 11) is -2.18. The van der Waals surface area contributed by atoms with Gasteiger partial charge in [-0.25, -0.2) is 8.42 Å². The molecular weight excluding hydrogens is 423 g/mol. The monoisotopic (exact) mass is 444 g/mol. The first-order valence-electron chi connectivity index (χ1n) is 8.51. The maximum Gasteiger partial charge on any atom is 0.241 e. The van der Waals surface area contributed by atoms with Crippen LogP contribution in [-0.2, 0) is 14.8 Å². The molecule has 0 heterocycles. The lowest BCUT2D eigenvalue weighted by Crippen LogP contribution is -2.41. The number of ether oxygens (including phenoxy) is 1. The molecule has 9 heteroatoms. The van der Waals surface area contributed by atoms with Crippen LogP contribution in [-0.4, -0.2) is 34.2 Å². The number of benzene rings is 2. The lowest BCUT2D eigenvalue weighted by Gasteiger charge is -2.25. The Labute approximate surface area is 175 Å². The zero-order valence-electron chi connectivity index (χ0n) is 15.8. The topological polar surface area (TPSA) is 75.7 Å². The smallest absolute Gasteiger partial charge is 0.241 e. The second kappa shape index (κ2) is 9.49. The van der Waals surface area contributed by atoms with Gasteiger partial charge in [-0.3, -0.25) is 9.10 Å². The van der Waals surface area contributed by atoms with Crippen LogP contribution in [0.1, 0.15) is 24.9 Å². The molecule has 0 radical (unpaired) electrons. The summed E-state index contributed by atoms with van der Waals surface area (Å²) >= 11 is 12.1. The van der Waals surface area contributed by atoms with Crippen LogP contribution in [0.4, 0.5) is 5.69 Å². The molecule has 1 N–H and O–H groups in total. The number of hydrogen-bond donors (Lipinski definition) is 1. The molecule has 0 bridgehead atoms. The van der Waals surface area contributed by atoms with Crippen molar-refractivity contribution in [2.45, 2.75) is 19.4 Å². The van der Waals surface area contributed by atoms with Crippen molar-refractivity contribution in [1.82, 2.24) is 5.32 Å². The first kappa shape index (κ1) is 22.3. The minimum absolute atomic E-state index is 0.157. The molecule has 0 saturated heterocycles. The van der Waals surface area contributed by atoms with Gasteiger partial charge in [0.05, 0.1) is 30.1 Å². The van der Waals surface area contributed by atoms with Crippen LogP contribution >= 0.6 is 23.2 Å². The summed E-state index contributed by atoms with van der Waals surface area (Å²) in [5.41, 5.74) is 1.05. The van der Waals surface area contributed by atoms with Gasteiger partial charge in [-0.1, -0.05) is 42.3 Å². The standard InChI is InChI=1S/C19H22Cl2N2O4S/c1-4-17(13-5-8-15(27-2)9-6-13)22-19(24)12-23(28(3,25)26)18-11-14(20)7-10-16(18)21/h5-11,17H,4,12H2,1-3H3,(H,22,24)/t17-/m1/s1. The largest absolute Gasteiger partial charge is 0.497 e. The van der Waals surface area contributed by atoms with Crippen LogP contribution in [0.5, 0.6) is 5.75 Å². The van der Waals surface area contributed by atoms with Crippen LogP contribution in [0.3, 0.4) is 0 Å². The van der Waals surface area contributed by atoms with Crippen molar-refractivity contribution >= 4 is 44.8 Å². The van der Waals surface area contributed by atoms with Gasteiger partial charge < -0.3 is 10.1 Å². The molecule has 2 aromatic rings. The van der Waals surface area contributed by atoms with E-state index in [1.54, 1.807) is 25.3 Å². The molecule has 0 aliphatic rings. The number of nitrogens with zero attached hydrogens (tertiary/aromatic N) is 1. The fourth-order valence-corrected chi connectivity index (χ4v) is 3.98. The number of anilines is 1. The zero-order chi connectivity index (χ0) is 20.9. The third kappa shape index (κ3) is 5.77. The van der Waals surface area contributed by atoms with Gasteiger partial charge in [-0.05, 0) is 42.3 Å². The summed E-state index contributed by atoms with van der Waals surface area (Å²) in [5.74, 6) is 0.257. The molecule has 2 rings (SSSR count). The fourth-order valence-electron chi connectivity index (χ4n) is 2.69. The molecule has 1 atom stereocenters. The Balaban J connectivity index is 2.22. The molecule has 0 saturated carbocycles. The van der Waals surface area contributed by atoms with Crippen LogP contribution in [0.2, 0.25) is 10.0 Å². The minimum atomic E-state index is -3.76. The van der Waals surface area contributed by atoms with Gasteiger partial charge in [-0.15, -0.1) is 0 Å². The lowest BCUT2D eigenvalue weighted by atomic mass is 10.0. The summed E-state index contributed by atoms with van der Waals surface area (Å²) in [6.07, 6.45) is 1.65. The zero-order valence-corrected chi connectivity index (χ0v) is 18.1. The van der Waals surface area contributed by atoms with Crippen molar-refractivity contribution in [3.63, 3.8) is 0 Å². The van der Waals surface area contributed by atoms with E-state index in [0.717, 1.165) is 16.1 Å². The number of carbonyl (C=O) groups excluding carboxylic acids is 1. The summed E-state index contributed by atoms with van der Waals surface area (Å²) < 4.78 is 30.6. The van der Waals surface area contributed by atoms with Gasteiger partial charge in [0.2, 0.25) is 15.9 Å². The predicted octanol–water partition coefficient (Wildman–Crippen LogP) is 4.04. The molecule has 0 spiro atoms. The van der Waals surface area contributed by atoms with Gasteiger partial charge in [0.25, 0.3) is 0 Å². The van der Waals surface area contributed by atoms with Gasteiger partial charge in [0, 0.05) is 5.02 Å². The Morgan fingerprint density at radius 3 is 2.36 bits per heavy atom. The average Bonchev–Trinajstić information content (AvgIpc) is 2.65. The third-order valence-electron chi connectivity index (χ3n) is 4.13. The second-order valence-electron chi connectivity index (χ2n) is 6.17. The highest BCUT2D eigenvalue weighted by atomic mass is 35.5. The first-order valence-corrected chi connectivity index (χ1v) is 11.1. The van der Waals surface area contributed by atoms with E-state index >= 15 is 0 Å². The van der Waals surface area contributed by atoms with Crippen LogP contribution < -0.4 is 14.4 Å². The summed E-state index contributed by atoms with van der Waals surface area (Å²) in [4.78, 5) is 12.6. The third-order valence-corrected chi connectivity index (χ3v) is 5.81. The Morgan fingerprint density at radius 1 is 1.18 bits per heavy atom. The van der Waals surface area contributed by atoms with Gasteiger partial charge in [0.1, 0.15) is 12.3 Å². The number of carbonyl (C=O) groups is 1. The molecule has 0 aliphatic heterocycles. The predicted molar refractivity (Wildman–Crippen MR) is 113 cm³/mol. The van der Waals surface area contributed by atoms with Crippen molar-refractivity contribution in [2.75, 3.05) is 24.2 Å². The highest BCUT2D eigenvalue weighted by Crippen LogP contribution is 2.30. The van der Waals surface area contributed by atoms with Crippen molar-refractivity contribution in [1.29, 1.82) is 0 Å². The normalized spacial score (nSPS) is 12.3. The van der Waals surface area contributed by atoms with Gasteiger partial charge in [0.15, 0.2) is 0 Å². The van der Waals surface area contributed by atoms with Crippen molar-refractivity contribution in [3.8, 4) is 5.75 Å². The number of methoxy groups -OCH3 is 1. The number of amides is 1. The van der Waals surface area contributed by atoms with E-state index in [2.05, 4.69) is 5.32 Å². The summed E-state index contributed by atoms with van der Waals surface area (Å²) in [6.45, 7) is 1.52. The van der Waals surface area contributed by atoms with E-state index in [0.29, 0.717) is 17.2 Å². The molecular formula is C19H22Cl2N2O4S. The Bertz CT molecular complexity index is 933. The van der Waals surface area contributed by atoms with Gasteiger partial charge in [-0.2, -0.15) is 0 Å². The maximum atomic E-state index is 12.6. The van der Waals surface area contributed by atoms with E-state index < -0.39 is 22.5 Å². The molecule has 152 valence electrons. The SMILES string of the molecule is CC[C@@H](NC(=O)CN(c1cc(Cl)ccc1Cl)S(C)(=O)=O)c1ccc(OC)cc1. The number of nitrogens with one attached hydrogen (secondary N) is 1. The van der Waals surface area contributed by atoms with E-state index in [9.17, 15) is 13.2 Å². The van der Waals surface area contributed by atoms with E-state index in [1.165, 1.54) is 12.1 Å². The highest BCUT2D eigenvalue weighted by molar-refractivity contribution is 7.92. The molecule has 1 amide bonds. The number of halogens is 2. The number of sulfonamides is 1. The van der Waals surface area contributed by atoms with Gasteiger partial charge >= 0.3 is 0 Å². The molecule has 28 heavy (non-hydrogen) atoms. The quantitative estimate of drug-likeness (QED) is 0.666. The average molecular weight is 445 g/mol. The van der Waals surface area contributed by atoms with E-state index in [4.69, 9.17) is 27.9 Å². The second-order valence-corrected chi connectivity index (χ2v) is 8.92. The number of hydrogen-bond acceptors (Lipinski definition) is 4. The molecule has 0 aromatic heterocycles. The van der Waals surface area contributed by atoms with Crippen LogP contribution in [0.15, 0.2) is 42.5 Å². The minimum Gasteiger partial charge on any atom is -0.497 e. The van der Waals surface area contributed by atoms with Crippen LogP contribution in [0.25, 0.3) is 0 Å². The number of rotatable bonds is 8. The van der Waals surface area contributed by atoms with Crippen LogP contribution in [0, 0.1) is 0 Å². The summed E-state index contributed by atoms with van der Waals surface area (Å²) in [6, 6.07) is 11.5. The first-order chi connectivity index (χ1) is 13.2. The molecule has 2 aromatic carbocycles. The van der Waals surface area contributed by atoms with E-state index in [-0.39, 0.29) is 16.8 Å². The van der Waals surface area contributed by atoms with Crippen molar-refractivity contribution in [2.24, 2.45) is 0 Å². The maximum absolute atomic E-state index is 12.6. The molecule has 0 unspecified atom stereocenters. The lowest BCUT2D eigenvalue weighted by molar-refractivity contribution is -0.120. The molecule has 0 fully saturated rings. The van der Waals surface area contributed by atoms with E-state index in [1.807, 2.05) is 19.1 Å². The fraction of sp³-hybridized carbons (Fsp3) is 0.316. The Hall–Kier alpha value is -1.96. The van der Waals surface area contributed by atoms with Crippen molar-refractivity contribution in [3.05, 3.63) is 58.1 Å². The molecule has 6 nitrogen and oxygen atoms in total.